The molecule has 2 aromatic carbocycles. The maximum Gasteiger partial charge on any atom is 0.375 e. The molecule has 0 spiro atoms. The maximum atomic E-state index is 12.4. The smallest absolute Gasteiger partial charge is 0.375 e. The number of ether oxygens (including phenoxy) is 2. The second-order valence-electron chi connectivity index (χ2n) is 6.43. The van der Waals surface area contributed by atoms with E-state index in [1.807, 2.05) is 61.5 Å². The minimum atomic E-state index is -0.670. The highest BCUT2D eigenvalue weighted by Gasteiger charge is 2.20. The number of hydrogen-bond acceptors (Lipinski definition) is 5. The van der Waals surface area contributed by atoms with Gasteiger partial charge in [-0.15, -0.1) is 0 Å². The van der Waals surface area contributed by atoms with Gasteiger partial charge in [0.25, 0.3) is 5.91 Å². The summed E-state index contributed by atoms with van der Waals surface area (Å²) in [5.74, 6) is -0.110. The van der Waals surface area contributed by atoms with E-state index in [2.05, 4.69) is 0 Å². The number of carbonyl (C=O) groups is 2. The molecule has 0 aliphatic carbocycles. The molecule has 3 aromatic rings. The van der Waals surface area contributed by atoms with Gasteiger partial charge in [0.1, 0.15) is 5.75 Å². The predicted octanol–water partition coefficient (Wildman–Crippen LogP) is 4.16. The zero-order valence-electron chi connectivity index (χ0n) is 16.5. The average molecular weight is 393 g/mol. The Morgan fingerprint density at radius 3 is 2.41 bits per heavy atom. The monoisotopic (exact) mass is 393 g/mol. The van der Waals surface area contributed by atoms with Crippen molar-refractivity contribution in [3.05, 3.63) is 78.3 Å². The van der Waals surface area contributed by atoms with Crippen LogP contribution in [0.2, 0.25) is 0 Å². The van der Waals surface area contributed by atoms with Crippen molar-refractivity contribution in [2.24, 2.45) is 0 Å². The molecule has 0 radical (unpaired) electrons. The van der Waals surface area contributed by atoms with Crippen LogP contribution in [0.5, 0.6) is 5.75 Å². The largest absolute Gasteiger partial charge is 0.494 e. The number of hydrogen-bond donors (Lipinski definition) is 0. The van der Waals surface area contributed by atoms with E-state index < -0.39 is 5.97 Å². The van der Waals surface area contributed by atoms with Crippen molar-refractivity contribution in [1.29, 1.82) is 0 Å². The maximum absolute atomic E-state index is 12.4. The minimum Gasteiger partial charge on any atom is -0.494 e. The number of rotatable bonds is 8. The van der Waals surface area contributed by atoms with Crippen LogP contribution >= 0.6 is 0 Å². The van der Waals surface area contributed by atoms with E-state index in [9.17, 15) is 9.59 Å². The lowest BCUT2D eigenvalue weighted by molar-refractivity contribution is -0.133. The fourth-order valence-corrected chi connectivity index (χ4v) is 2.84. The first kappa shape index (κ1) is 20.2. The van der Waals surface area contributed by atoms with Crippen LogP contribution in [0, 0.1) is 0 Å². The average Bonchev–Trinajstić information content (AvgIpc) is 3.24. The molecule has 0 aliphatic rings. The lowest BCUT2D eigenvalue weighted by atomic mass is 10.1. The van der Waals surface area contributed by atoms with E-state index in [1.165, 1.54) is 11.2 Å². The zero-order chi connectivity index (χ0) is 20.6. The highest BCUT2D eigenvalue weighted by Crippen LogP contribution is 2.25. The number of esters is 1. The summed E-state index contributed by atoms with van der Waals surface area (Å²) in [6.45, 7) is 2.57. The molecule has 3 rings (SSSR count). The summed E-state index contributed by atoms with van der Waals surface area (Å²) in [7, 11) is 1.66. The third-order valence-electron chi connectivity index (χ3n) is 4.34. The summed E-state index contributed by atoms with van der Waals surface area (Å²) in [5.41, 5.74) is 2.42. The Bertz CT molecular complexity index is 947. The summed E-state index contributed by atoms with van der Waals surface area (Å²) < 4.78 is 15.9. The molecular weight excluding hydrogens is 370 g/mol. The standard InChI is InChI=1S/C23H23NO5/c1-3-27-19-11-9-17(10-12-19)15-24(2)21(25)16-29-23(26)22-20(13-14-28-22)18-7-5-4-6-8-18/h4-14H,3,15-16H2,1-2H3. The Balaban J connectivity index is 1.55. The predicted molar refractivity (Wildman–Crippen MR) is 109 cm³/mol. The summed E-state index contributed by atoms with van der Waals surface area (Å²) in [4.78, 5) is 26.2. The third-order valence-corrected chi connectivity index (χ3v) is 4.34. The fourth-order valence-electron chi connectivity index (χ4n) is 2.84. The number of benzene rings is 2. The molecule has 1 aromatic heterocycles. The molecule has 0 atom stereocenters. The lowest BCUT2D eigenvalue weighted by Gasteiger charge is -2.17. The first-order chi connectivity index (χ1) is 14.1. The number of furan rings is 1. The van der Waals surface area contributed by atoms with Crippen LogP contribution in [-0.4, -0.2) is 37.0 Å². The molecule has 0 saturated carbocycles. The molecule has 0 bridgehead atoms. The van der Waals surface area contributed by atoms with Crippen molar-refractivity contribution in [2.75, 3.05) is 20.3 Å². The highest BCUT2D eigenvalue weighted by molar-refractivity contribution is 5.95. The molecule has 150 valence electrons. The van der Waals surface area contributed by atoms with Gasteiger partial charge in [0.05, 0.1) is 12.9 Å². The molecule has 6 nitrogen and oxygen atoms in total. The Hall–Kier alpha value is -3.54. The molecule has 29 heavy (non-hydrogen) atoms. The molecule has 0 unspecified atom stereocenters. The number of likely N-dealkylation sites (N-methyl/N-ethyl adjacent to an activating group) is 1. The first-order valence-electron chi connectivity index (χ1n) is 9.34. The van der Waals surface area contributed by atoms with E-state index >= 15 is 0 Å². The van der Waals surface area contributed by atoms with Crippen molar-refractivity contribution in [3.8, 4) is 16.9 Å². The third kappa shape index (κ3) is 5.25. The summed E-state index contributed by atoms with van der Waals surface area (Å²) in [6.07, 6.45) is 1.43. The van der Waals surface area contributed by atoms with E-state index in [0.29, 0.717) is 18.7 Å². The number of carbonyl (C=O) groups excluding carboxylic acids is 2. The number of amides is 1. The Morgan fingerprint density at radius 1 is 1.00 bits per heavy atom. The van der Waals surface area contributed by atoms with Crippen LogP contribution < -0.4 is 4.74 Å². The van der Waals surface area contributed by atoms with Gasteiger partial charge in [-0.2, -0.15) is 0 Å². The molecule has 0 aliphatic heterocycles. The van der Waals surface area contributed by atoms with Crippen molar-refractivity contribution >= 4 is 11.9 Å². The minimum absolute atomic E-state index is 0.0816. The second-order valence-corrected chi connectivity index (χ2v) is 6.43. The van der Waals surface area contributed by atoms with Crippen LogP contribution in [0.3, 0.4) is 0 Å². The van der Waals surface area contributed by atoms with E-state index in [1.54, 1.807) is 13.1 Å². The summed E-state index contributed by atoms with van der Waals surface area (Å²) in [6, 6.07) is 18.6. The van der Waals surface area contributed by atoms with E-state index in [4.69, 9.17) is 13.9 Å². The van der Waals surface area contributed by atoms with Gasteiger partial charge < -0.3 is 18.8 Å². The van der Waals surface area contributed by atoms with Gasteiger partial charge in [-0.25, -0.2) is 4.79 Å². The van der Waals surface area contributed by atoms with Crippen molar-refractivity contribution in [2.45, 2.75) is 13.5 Å². The molecular formula is C23H23NO5. The van der Waals surface area contributed by atoms with E-state index in [-0.39, 0.29) is 18.3 Å². The molecule has 0 N–H and O–H groups in total. The second kappa shape index (κ2) is 9.59. The molecule has 6 heteroatoms. The SMILES string of the molecule is CCOc1ccc(CN(C)C(=O)COC(=O)c2occc2-c2ccccc2)cc1. The van der Waals surface area contributed by atoms with Crippen LogP contribution in [-0.2, 0) is 16.1 Å². The highest BCUT2D eigenvalue weighted by atomic mass is 16.5. The van der Waals surface area contributed by atoms with Gasteiger partial charge in [-0.1, -0.05) is 42.5 Å². The Morgan fingerprint density at radius 2 is 1.72 bits per heavy atom. The van der Waals surface area contributed by atoms with Gasteiger partial charge in [-0.3, -0.25) is 4.79 Å². The summed E-state index contributed by atoms with van der Waals surface area (Å²) >= 11 is 0. The molecule has 1 heterocycles. The topological polar surface area (TPSA) is 69.0 Å². The van der Waals surface area contributed by atoms with Crippen molar-refractivity contribution < 1.29 is 23.5 Å². The lowest BCUT2D eigenvalue weighted by Crippen LogP contribution is -2.30. The van der Waals surface area contributed by atoms with Crippen LogP contribution in [0.25, 0.3) is 11.1 Å². The van der Waals surface area contributed by atoms with Crippen molar-refractivity contribution in [1.82, 2.24) is 4.90 Å². The number of nitrogens with zero attached hydrogens (tertiary/aromatic N) is 1. The van der Waals surface area contributed by atoms with Crippen LogP contribution in [0.1, 0.15) is 23.0 Å². The Kier molecular flexibility index (Phi) is 6.68. The van der Waals surface area contributed by atoms with Gasteiger partial charge >= 0.3 is 5.97 Å². The van der Waals surface area contributed by atoms with E-state index in [0.717, 1.165) is 16.9 Å². The van der Waals surface area contributed by atoms with Crippen molar-refractivity contribution in [3.63, 3.8) is 0 Å². The summed E-state index contributed by atoms with van der Waals surface area (Å²) in [5, 5.41) is 0. The van der Waals surface area contributed by atoms with Gasteiger partial charge in [0, 0.05) is 19.2 Å². The van der Waals surface area contributed by atoms with Gasteiger partial charge in [-0.05, 0) is 36.2 Å². The zero-order valence-corrected chi connectivity index (χ0v) is 16.5. The van der Waals surface area contributed by atoms with Crippen LogP contribution in [0.4, 0.5) is 0 Å². The quantitative estimate of drug-likeness (QED) is 0.538. The van der Waals surface area contributed by atoms with Gasteiger partial charge in [0.15, 0.2) is 6.61 Å². The molecule has 0 saturated heterocycles. The van der Waals surface area contributed by atoms with Gasteiger partial charge in [0.2, 0.25) is 5.76 Å². The Labute approximate surface area is 169 Å². The normalized spacial score (nSPS) is 10.4. The fraction of sp³-hybridized carbons (Fsp3) is 0.217. The van der Waals surface area contributed by atoms with Crippen LogP contribution in [0.15, 0.2) is 71.3 Å². The molecule has 0 fully saturated rings. The molecule has 1 amide bonds. The first-order valence-corrected chi connectivity index (χ1v) is 9.34.